The normalized spacial score (nSPS) is 17.9. The molecule has 0 saturated heterocycles. The molecule has 39 heavy (non-hydrogen) atoms. The number of benzene rings is 2. The van der Waals surface area contributed by atoms with Crippen molar-refractivity contribution in [3.63, 3.8) is 0 Å². The third kappa shape index (κ3) is 6.19. The number of carboxylic acid groups (broad SMARTS) is 1. The van der Waals surface area contributed by atoms with E-state index in [-0.39, 0.29) is 52.5 Å². The Morgan fingerprint density at radius 2 is 1.85 bits per heavy atom. The van der Waals surface area contributed by atoms with Gasteiger partial charge in [-0.2, -0.15) is 13.2 Å². The number of aromatic nitrogens is 2. The van der Waals surface area contributed by atoms with Gasteiger partial charge in [-0.3, -0.25) is 4.79 Å². The number of hydrogen-bond acceptors (Lipinski definition) is 5. The fourth-order valence-electron chi connectivity index (χ4n) is 5.04. The van der Waals surface area contributed by atoms with Crippen LogP contribution in [0.4, 0.5) is 18.9 Å². The van der Waals surface area contributed by atoms with Crippen molar-refractivity contribution in [3.8, 4) is 11.5 Å². The molecule has 2 aromatic carbocycles. The van der Waals surface area contributed by atoms with Gasteiger partial charge in [-0.15, -0.1) is 0 Å². The highest BCUT2D eigenvalue weighted by molar-refractivity contribution is 6.03. The third-order valence-electron chi connectivity index (χ3n) is 7.02. The Labute approximate surface area is 224 Å². The van der Waals surface area contributed by atoms with Gasteiger partial charge in [0.15, 0.2) is 0 Å². The molecule has 1 aromatic heterocycles. The number of anilines is 1. The summed E-state index contributed by atoms with van der Waals surface area (Å²) in [6, 6.07) is 5.65. The summed E-state index contributed by atoms with van der Waals surface area (Å²) >= 11 is 0. The molecule has 3 aromatic rings. The van der Waals surface area contributed by atoms with Crippen LogP contribution in [0.3, 0.4) is 0 Å². The van der Waals surface area contributed by atoms with Gasteiger partial charge >= 0.3 is 12.1 Å². The smallest absolute Gasteiger partial charge is 0.420 e. The van der Waals surface area contributed by atoms with Crippen molar-refractivity contribution >= 4 is 28.6 Å². The van der Waals surface area contributed by atoms with Gasteiger partial charge in [-0.05, 0) is 69.7 Å². The van der Waals surface area contributed by atoms with Crippen molar-refractivity contribution in [1.82, 2.24) is 9.97 Å². The van der Waals surface area contributed by atoms with Crippen molar-refractivity contribution in [2.75, 3.05) is 12.0 Å². The number of carboxylic acids is 1. The number of aromatic amines is 1. The van der Waals surface area contributed by atoms with Gasteiger partial charge in [0, 0.05) is 25.1 Å². The molecule has 2 N–H and O–H groups in total. The van der Waals surface area contributed by atoms with Crippen molar-refractivity contribution in [2.45, 2.75) is 65.3 Å². The Balaban J connectivity index is 1.71. The number of fused-ring (bicyclic) bond motifs is 1. The molecular weight excluding hydrogens is 515 g/mol. The lowest BCUT2D eigenvalue weighted by Crippen LogP contribution is -2.42. The Bertz CT molecular complexity index is 1360. The minimum Gasteiger partial charge on any atom is -0.478 e. The molecule has 1 fully saturated rings. The maximum atomic E-state index is 13.9. The van der Waals surface area contributed by atoms with E-state index < -0.39 is 23.5 Å². The first-order valence-corrected chi connectivity index (χ1v) is 12.9. The standard InChI is InChI=1S/C28H32F3N3O5/c1-15(2)34(26(35)17-7-5-16(3)6-8-17)23-10-9-18(11-19(23)27(36)37)39-24-13-22-21(12-20(24)28(29,30)31)32-25(33-22)14-38-4/h9-13,15-17H,5-8,14H2,1-4H3,(H,32,33)(H,36,37). The summed E-state index contributed by atoms with van der Waals surface area (Å²) < 4.78 is 52.3. The zero-order valence-electron chi connectivity index (χ0n) is 22.3. The highest BCUT2D eigenvalue weighted by Crippen LogP contribution is 2.41. The monoisotopic (exact) mass is 547 g/mol. The molecule has 0 aliphatic heterocycles. The summed E-state index contributed by atoms with van der Waals surface area (Å²) in [6.07, 6.45) is -1.43. The van der Waals surface area contributed by atoms with E-state index in [9.17, 15) is 27.9 Å². The van der Waals surface area contributed by atoms with Crippen LogP contribution in [0.15, 0.2) is 30.3 Å². The van der Waals surface area contributed by atoms with Crippen LogP contribution >= 0.6 is 0 Å². The second-order valence-electron chi connectivity index (χ2n) is 10.3. The van der Waals surface area contributed by atoms with E-state index in [4.69, 9.17) is 9.47 Å². The van der Waals surface area contributed by atoms with E-state index in [2.05, 4.69) is 16.9 Å². The lowest BCUT2D eigenvalue weighted by atomic mass is 9.82. The number of carbonyl (C=O) groups is 2. The summed E-state index contributed by atoms with van der Waals surface area (Å²) in [6.45, 7) is 5.83. The largest absolute Gasteiger partial charge is 0.478 e. The van der Waals surface area contributed by atoms with E-state index in [0.29, 0.717) is 11.7 Å². The van der Waals surface area contributed by atoms with E-state index in [1.807, 2.05) is 0 Å². The molecule has 0 spiro atoms. The molecule has 0 atom stereocenters. The predicted molar refractivity (Wildman–Crippen MR) is 139 cm³/mol. The number of nitrogens with zero attached hydrogens (tertiary/aromatic N) is 2. The first-order chi connectivity index (χ1) is 18.4. The number of methoxy groups -OCH3 is 1. The average Bonchev–Trinajstić information content (AvgIpc) is 3.25. The van der Waals surface area contributed by atoms with Crippen LogP contribution in [-0.4, -0.2) is 40.1 Å². The zero-order valence-corrected chi connectivity index (χ0v) is 22.3. The fraction of sp³-hybridized carbons (Fsp3) is 0.464. The van der Waals surface area contributed by atoms with E-state index >= 15 is 0 Å². The van der Waals surface area contributed by atoms with Crippen molar-refractivity contribution in [2.24, 2.45) is 11.8 Å². The topological polar surface area (TPSA) is 105 Å². The van der Waals surface area contributed by atoms with Gasteiger partial charge in [0.2, 0.25) is 5.91 Å². The van der Waals surface area contributed by atoms with Gasteiger partial charge in [0.05, 0.1) is 22.3 Å². The minimum absolute atomic E-state index is 0.0839. The molecular formula is C28H32F3N3O5. The number of nitrogens with one attached hydrogen (secondary N) is 1. The molecule has 11 heteroatoms. The summed E-state index contributed by atoms with van der Waals surface area (Å²) in [5, 5.41) is 9.99. The van der Waals surface area contributed by atoms with E-state index in [0.717, 1.165) is 43.9 Å². The number of rotatable bonds is 8. The Hall–Kier alpha value is -3.60. The number of amides is 1. The van der Waals surface area contributed by atoms with Crippen LogP contribution < -0.4 is 9.64 Å². The third-order valence-corrected chi connectivity index (χ3v) is 7.02. The van der Waals surface area contributed by atoms with Crippen molar-refractivity contribution in [3.05, 3.63) is 47.3 Å². The molecule has 0 radical (unpaired) electrons. The molecule has 1 saturated carbocycles. The van der Waals surface area contributed by atoms with E-state index in [1.165, 1.54) is 24.1 Å². The summed E-state index contributed by atoms with van der Waals surface area (Å²) in [4.78, 5) is 34.2. The molecule has 1 amide bonds. The number of alkyl halides is 3. The van der Waals surface area contributed by atoms with Crippen LogP contribution in [0.1, 0.15) is 68.2 Å². The molecule has 0 bridgehead atoms. The lowest BCUT2D eigenvalue weighted by Gasteiger charge is -2.34. The Morgan fingerprint density at radius 1 is 1.15 bits per heavy atom. The van der Waals surface area contributed by atoms with Gasteiger partial charge in [-0.1, -0.05) is 6.92 Å². The highest BCUT2D eigenvalue weighted by atomic mass is 19.4. The lowest BCUT2D eigenvalue weighted by molar-refractivity contribution is -0.138. The van der Waals surface area contributed by atoms with Gasteiger partial charge in [-0.25, -0.2) is 9.78 Å². The second kappa shape index (κ2) is 11.3. The number of imidazole rings is 1. The molecule has 1 aliphatic carbocycles. The van der Waals surface area contributed by atoms with Crippen LogP contribution in [0.2, 0.25) is 0 Å². The van der Waals surface area contributed by atoms with Crippen LogP contribution in [0, 0.1) is 11.8 Å². The van der Waals surface area contributed by atoms with Gasteiger partial charge in [0.25, 0.3) is 0 Å². The van der Waals surface area contributed by atoms with Crippen LogP contribution in [-0.2, 0) is 22.3 Å². The number of aromatic carboxylic acids is 1. The number of H-pyrrole nitrogens is 1. The number of hydrogen-bond donors (Lipinski definition) is 2. The Kier molecular flexibility index (Phi) is 8.20. The van der Waals surface area contributed by atoms with Gasteiger partial charge in [0.1, 0.15) is 29.5 Å². The molecule has 210 valence electrons. The zero-order chi connectivity index (χ0) is 28.5. The first kappa shape index (κ1) is 28.4. The molecule has 4 rings (SSSR count). The van der Waals surface area contributed by atoms with Crippen molar-refractivity contribution < 1.29 is 37.3 Å². The molecule has 0 unspecified atom stereocenters. The fourth-order valence-corrected chi connectivity index (χ4v) is 5.04. The molecule has 8 nitrogen and oxygen atoms in total. The van der Waals surface area contributed by atoms with E-state index in [1.54, 1.807) is 13.8 Å². The first-order valence-electron chi connectivity index (χ1n) is 12.9. The van der Waals surface area contributed by atoms with Gasteiger partial charge < -0.3 is 24.5 Å². The van der Waals surface area contributed by atoms with Crippen LogP contribution in [0.5, 0.6) is 11.5 Å². The molecule has 1 heterocycles. The highest BCUT2D eigenvalue weighted by Gasteiger charge is 2.36. The second-order valence-corrected chi connectivity index (χ2v) is 10.3. The number of halogens is 3. The SMILES string of the molecule is COCc1nc2cc(Oc3ccc(N(C(=O)C4CCC(C)CC4)C(C)C)c(C(=O)O)c3)c(C(F)(F)F)cc2[nH]1. The number of ether oxygens (including phenoxy) is 2. The summed E-state index contributed by atoms with van der Waals surface area (Å²) in [5.74, 6) is -1.43. The summed E-state index contributed by atoms with van der Waals surface area (Å²) in [7, 11) is 1.44. The average molecular weight is 548 g/mol. The minimum atomic E-state index is -4.75. The van der Waals surface area contributed by atoms with Crippen molar-refractivity contribution in [1.29, 1.82) is 0 Å². The van der Waals surface area contributed by atoms with Crippen LogP contribution in [0.25, 0.3) is 11.0 Å². The maximum absolute atomic E-state index is 13.9. The quantitative estimate of drug-likeness (QED) is 0.322. The maximum Gasteiger partial charge on any atom is 0.420 e. The predicted octanol–water partition coefficient (Wildman–Crippen LogP) is 6.79. The Morgan fingerprint density at radius 3 is 2.44 bits per heavy atom. The summed E-state index contributed by atoms with van der Waals surface area (Å²) in [5.41, 5.74) is -0.717. The number of carbonyl (C=O) groups excluding carboxylic acids is 1. The molecule has 1 aliphatic rings.